The molecule has 11 heteroatoms. The Morgan fingerprint density at radius 1 is 1.29 bits per heavy atom. The third-order valence-electron chi connectivity index (χ3n) is 7.61. The minimum absolute atomic E-state index is 0.0469. The van der Waals surface area contributed by atoms with Gasteiger partial charge < -0.3 is 15.4 Å². The molecule has 5 N–H and O–H groups in total. The summed E-state index contributed by atoms with van der Waals surface area (Å²) < 4.78 is 5.84. The van der Waals surface area contributed by atoms with E-state index in [-0.39, 0.29) is 47.9 Å². The Morgan fingerprint density at radius 3 is 2.71 bits per heavy atom. The van der Waals surface area contributed by atoms with E-state index in [4.69, 9.17) is 33.7 Å². The Bertz CT molecular complexity index is 866. The Kier molecular flexibility index (Phi) is 5.67. The number of hydrogen-bond donors (Lipinski definition) is 4. The van der Waals surface area contributed by atoms with E-state index in [2.05, 4.69) is 33.0 Å². The van der Waals surface area contributed by atoms with Crippen LogP contribution in [0.5, 0.6) is 0 Å². The summed E-state index contributed by atoms with van der Waals surface area (Å²) in [5.74, 6) is -0.305. The fourth-order valence-corrected chi connectivity index (χ4v) is 5.97. The summed E-state index contributed by atoms with van der Waals surface area (Å²) in [6.45, 7) is 4.50. The fourth-order valence-electron chi connectivity index (χ4n) is 5.58. The van der Waals surface area contributed by atoms with Crippen LogP contribution >= 0.6 is 23.2 Å². The zero-order valence-electron chi connectivity index (χ0n) is 17.6. The van der Waals surface area contributed by atoms with Crippen LogP contribution in [-0.4, -0.2) is 72.0 Å². The average Bonchev–Trinajstić information content (AvgIpc) is 3.30. The van der Waals surface area contributed by atoms with E-state index in [1.165, 1.54) is 6.20 Å². The smallest absolute Gasteiger partial charge is 0.232 e. The van der Waals surface area contributed by atoms with Crippen molar-refractivity contribution in [2.24, 2.45) is 17.1 Å². The molecule has 4 aliphatic rings. The van der Waals surface area contributed by atoms with Crippen molar-refractivity contribution in [1.82, 2.24) is 31.0 Å². The van der Waals surface area contributed by atoms with E-state index in [9.17, 15) is 4.79 Å². The molecule has 4 saturated heterocycles. The normalized spacial score (nSPS) is 38.1. The van der Waals surface area contributed by atoms with Crippen molar-refractivity contribution in [3.05, 3.63) is 28.0 Å². The van der Waals surface area contributed by atoms with Gasteiger partial charge in [0.1, 0.15) is 11.4 Å². The van der Waals surface area contributed by atoms with E-state index >= 15 is 0 Å². The first-order valence-corrected chi connectivity index (χ1v) is 11.5. The lowest BCUT2D eigenvalue weighted by Crippen LogP contribution is -2.70. The number of fused-ring (bicyclic) bond motifs is 1. The third-order valence-corrected chi connectivity index (χ3v) is 8.14. The van der Waals surface area contributed by atoms with Crippen LogP contribution in [0.3, 0.4) is 0 Å². The standard InChI is InChI=1S/C20H29Cl2N7O2/c1-10-16(23)20(9-31-10)3-5-29(6-4-20)19-25-17-14(18(30)28(19)2)15(26-27-17)11-7-13(22)24-8-12(11)21/h7-8,10,14-17,19,25-27H,3-6,9,23H2,1-2H3/t10-,14?,15?,16+,17?,19?/m0/s1. The highest BCUT2D eigenvalue weighted by Gasteiger charge is 2.52. The predicted molar refractivity (Wildman–Crippen MR) is 117 cm³/mol. The minimum Gasteiger partial charge on any atom is -0.376 e. The molecule has 4 aliphatic heterocycles. The van der Waals surface area contributed by atoms with Gasteiger partial charge in [0.25, 0.3) is 0 Å². The topological polar surface area (TPSA) is 108 Å². The van der Waals surface area contributed by atoms with Crippen LogP contribution < -0.4 is 21.9 Å². The summed E-state index contributed by atoms with van der Waals surface area (Å²) in [5, 5.41) is 4.43. The predicted octanol–water partition coefficient (Wildman–Crippen LogP) is 0.653. The van der Waals surface area contributed by atoms with Crippen molar-refractivity contribution in [2.75, 3.05) is 26.7 Å². The SMILES string of the molecule is C[C@@H]1OCC2(CCN(C3NC4NNC(c5cc(Cl)ncc5Cl)C4C(=O)N3C)CC2)[C@@H]1N. The van der Waals surface area contributed by atoms with Crippen molar-refractivity contribution in [3.8, 4) is 0 Å². The van der Waals surface area contributed by atoms with Gasteiger partial charge in [-0.1, -0.05) is 23.2 Å². The second-order valence-electron chi connectivity index (χ2n) is 9.23. The number of nitrogens with two attached hydrogens (primary N) is 1. The van der Waals surface area contributed by atoms with Gasteiger partial charge in [-0.25, -0.2) is 15.8 Å². The molecular formula is C20H29Cl2N7O2. The van der Waals surface area contributed by atoms with Gasteiger partial charge in [-0.15, -0.1) is 0 Å². The summed E-state index contributed by atoms with van der Waals surface area (Å²) in [5.41, 5.74) is 13.7. The van der Waals surface area contributed by atoms with E-state index < -0.39 is 0 Å². The zero-order chi connectivity index (χ0) is 21.9. The number of hydrazine groups is 1. The maximum atomic E-state index is 13.4. The number of carbonyl (C=O) groups excluding carboxylic acids is 1. The number of ether oxygens (including phenoxy) is 1. The summed E-state index contributed by atoms with van der Waals surface area (Å²) in [4.78, 5) is 21.6. The summed E-state index contributed by atoms with van der Waals surface area (Å²) in [6.07, 6.45) is 3.13. The molecule has 1 amide bonds. The lowest BCUT2D eigenvalue weighted by atomic mass is 9.73. The Morgan fingerprint density at radius 2 is 2.03 bits per heavy atom. The number of nitrogens with one attached hydrogen (secondary N) is 3. The van der Waals surface area contributed by atoms with Gasteiger partial charge in [0, 0.05) is 37.8 Å². The molecule has 1 spiro atoms. The number of likely N-dealkylation sites (tertiary alicyclic amines) is 1. The van der Waals surface area contributed by atoms with Crippen molar-refractivity contribution in [3.63, 3.8) is 0 Å². The molecule has 1 aromatic rings. The van der Waals surface area contributed by atoms with Crippen LogP contribution in [0, 0.1) is 11.3 Å². The second-order valence-corrected chi connectivity index (χ2v) is 10.0. The fraction of sp³-hybridized carbons (Fsp3) is 0.700. The highest BCUT2D eigenvalue weighted by atomic mass is 35.5. The van der Waals surface area contributed by atoms with Crippen molar-refractivity contribution >= 4 is 29.1 Å². The third kappa shape index (κ3) is 3.55. The van der Waals surface area contributed by atoms with Gasteiger partial charge in [0.15, 0.2) is 0 Å². The zero-order valence-corrected chi connectivity index (χ0v) is 19.2. The number of rotatable bonds is 2. The highest BCUT2D eigenvalue weighted by Crippen LogP contribution is 2.42. The molecular weight excluding hydrogens is 441 g/mol. The van der Waals surface area contributed by atoms with Crippen molar-refractivity contribution < 1.29 is 9.53 Å². The molecule has 9 nitrogen and oxygen atoms in total. The minimum atomic E-state index is -0.356. The largest absolute Gasteiger partial charge is 0.376 e. The molecule has 0 aliphatic carbocycles. The van der Waals surface area contributed by atoms with Crippen molar-refractivity contribution in [1.29, 1.82) is 0 Å². The molecule has 5 heterocycles. The molecule has 170 valence electrons. The molecule has 4 fully saturated rings. The molecule has 6 atom stereocenters. The van der Waals surface area contributed by atoms with E-state index in [0.717, 1.165) is 38.1 Å². The van der Waals surface area contributed by atoms with Crippen molar-refractivity contribution in [2.45, 2.75) is 50.4 Å². The summed E-state index contributed by atoms with van der Waals surface area (Å²) >= 11 is 12.4. The quantitative estimate of drug-likeness (QED) is 0.467. The number of piperidine rings is 1. The van der Waals surface area contributed by atoms with Crippen LogP contribution in [-0.2, 0) is 9.53 Å². The molecule has 5 rings (SSSR count). The van der Waals surface area contributed by atoms with Gasteiger partial charge >= 0.3 is 0 Å². The van der Waals surface area contributed by atoms with Gasteiger partial charge in [0.2, 0.25) is 5.91 Å². The first kappa shape index (κ1) is 21.8. The number of pyridine rings is 1. The molecule has 31 heavy (non-hydrogen) atoms. The molecule has 4 unspecified atom stereocenters. The highest BCUT2D eigenvalue weighted by molar-refractivity contribution is 6.32. The maximum Gasteiger partial charge on any atom is 0.232 e. The summed E-state index contributed by atoms with van der Waals surface area (Å²) in [6, 6.07) is 1.47. The van der Waals surface area contributed by atoms with Gasteiger partial charge in [-0.3, -0.25) is 15.0 Å². The van der Waals surface area contributed by atoms with Crippen LogP contribution in [0.2, 0.25) is 10.2 Å². The molecule has 0 bridgehead atoms. The first-order valence-electron chi connectivity index (χ1n) is 10.8. The van der Waals surface area contributed by atoms with E-state index in [1.54, 1.807) is 11.0 Å². The molecule has 0 radical (unpaired) electrons. The first-order chi connectivity index (χ1) is 14.8. The van der Waals surface area contributed by atoms with Gasteiger partial charge in [-0.05, 0) is 31.4 Å². The van der Waals surface area contributed by atoms with Crippen LogP contribution in [0.4, 0.5) is 0 Å². The number of amides is 1. The Hall–Kier alpha value is -1.04. The molecule has 1 aromatic heterocycles. The lowest BCUT2D eigenvalue weighted by molar-refractivity contribution is -0.151. The number of aromatic nitrogens is 1. The maximum absolute atomic E-state index is 13.4. The molecule has 0 aromatic carbocycles. The monoisotopic (exact) mass is 469 g/mol. The lowest BCUT2D eigenvalue weighted by Gasteiger charge is -2.49. The average molecular weight is 470 g/mol. The van der Waals surface area contributed by atoms with Gasteiger partial charge in [-0.2, -0.15) is 0 Å². The number of carbonyl (C=O) groups is 1. The molecule has 0 saturated carbocycles. The second kappa shape index (κ2) is 8.07. The Labute approximate surface area is 191 Å². The number of hydrogen-bond acceptors (Lipinski definition) is 8. The number of nitrogens with zero attached hydrogens (tertiary/aromatic N) is 3. The van der Waals surface area contributed by atoms with E-state index in [0.29, 0.717) is 10.2 Å². The summed E-state index contributed by atoms with van der Waals surface area (Å²) in [7, 11) is 1.85. The Balaban J connectivity index is 1.30. The number of halogens is 2. The van der Waals surface area contributed by atoms with Crippen LogP contribution in [0.1, 0.15) is 31.4 Å². The van der Waals surface area contributed by atoms with Crippen LogP contribution in [0.25, 0.3) is 0 Å². The van der Waals surface area contributed by atoms with E-state index in [1.807, 2.05) is 7.05 Å². The van der Waals surface area contributed by atoms with Crippen LogP contribution in [0.15, 0.2) is 12.3 Å². The van der Waals surface area contributed by atoms with Gasteiger partial charge in [0.05, 0.1) is 35.9 Å².